The number of fused-ring (bicyclic) bond motifs is 1. The van der Waals surface area contributed by atoms with Gasteiger partial charge in [-0.05, 0) is 0 Å². The molecule has 0 fully saturated rings. The second-order valence-electron chi connectivity index (χ2n) is 7.51. The first kappa shape index (κ1) is 23.1. The zero-order valence-electron chi connectivity index (χ0n) is 18.1. The maximum absolute atomic E-state index is 11.9. The number of rotatable bonds is 6. The number of anilines is 3. The first-order chi connectivity index (χ1) is 15.9. The number of carbonyl (C=O) groups excluding carboxylic acids is 2. The number of halogens is 1. The molecular weight excluding hydrogens is 505 g/mol. The van der Waals surface area contributed by atoms with E-state index in [4.69, 9.17) is 22.1 Å². The summed E-state index contributed by atoms with van der Waals surface area (Å²) in [6, 6.07) is 9.13. The summed E-state index contributed by atoms with van der Waals surface area (Å²) in [7, 11) is 1.59. The van der Waals surface area contributed by atoms with Gasteiger partial charge in [0.2, 0.25) is 0 Å². The molecule has 2 aromatic carbocycles. The number of primary amides is 1. The van der Waals surface area contributed by atoms with Crippen molar-refractivity contribution in [2.24, 2.45) is 5.73 Å². The average Bonchev–Trinajstić information content (AvgIpc) is 2.97. The summed E-state index contributed by atoms with van der Waals surface area (Å²) < 4.78 is 7.20. The molecule has 4 rings (SSSR count). The minimum atomic E-state index is -0.714. The van der Waals surface area contributed by atoms with Crippen molar-refractivity contribution in [2.75, 3.05) is 17.7 Å². The van der Waals surface area contributed by atoms with E-state index >= 15 is 0 Å². The van der Waals surface area contributed by atoms with Crippen molar-refractivity contribution in [3.05, 3.63) is 58.2 Å². The van der Waals surface area contributed by atoms with Gasteiger partial charge in [-0.3, -0.25) is 0 Å². The molecule has 1 aliphatic heterocycles. The van der Waals surface area contributed by atoms with Crippen molar-refractivity contribution in [1.82, 2.24) is 9.97 Å². The van der Waals surface area contributed by atoms with Crippen LogP contribution in [0.4, 0.5) is 17.3 Å². The van der Waals surface area contributed by atoms with Gasteiger partial charge in [0.25, 0.3) is 0 Å². The number of benzene rings is 2. The molecule has 0 saturated heterocycles. The number of hydrogen-bond donors (Lipinski definition) is 3. The molecule has 2 amide bonds. The Morgan fingerprint density at radius 3 is 2.85 bits per heavy atom. The maximum atomic E-state index is 11.9. The number of hydrogen-bond acceptors (Lipinski definition) is 6. The first-order valence-electron chi connectivity index (χ1n) is 10.3. The number of carbonyl (C=O) groups is 2. The van der Waals surface area contributed by atoms with Crippen LogP contribution >= 0.6 is 11.6 Å². The molecular formula is C23H22AsClN5O3. The van der Waals surface area contributed by atoms with Gasteiger partial charge in [0.05, 0.1) is 0 Å². The number of nitrogens with two attached hydrogens (primary N) is 1. The van der Waals surface area contributed by atoms with Gasteiger partial charge in [-0.1, -0.05) is 0 Å². The third-order valence-electron chi connectivity index (χ3n) is 5.26. The van der Waals surface area contributed by atoms with Crippen LogP contribution in [0.2, 0.25) is 5.02 Å². The fraction of sp³-hybridized carbons (Fsp3) is 0.217. The van der Waals surface area contributed by atoms with Crippen molar-refractivity contribution >= 4 is 65.3 Å². The molecule has 8 nitrogen and oxygen atoms in total. The molecule has 3 aromatic rings. The SMILES string of the molecule is COc1c(Nc2ncc(Cl)c([As]c3c(C)cccc3C(N)=O)n2)ccc2c1CCCC(=O)N2. The van der Waals surface area contributed by atoms with Crippen LogP contribution in [0, 0.1) is 6.92 Å². The Morgan fingerprint density at radius 1 is 1.27 bits per heavy atom. The van der Waals surface area contributed by atoms with Crippen molar-refractivity contribution in [1.29, 1.82) is 0 Å². The molecule has 10 heteroatoms. The molecule has 2 heterocycles. The molecule has 169 valence electrons. The first-order valence-corrected chi connectivity index (χ1v) is 12.5. The van der Waals surface area contributed by atoms with E-state index in [0.717, 1.165) is 27.6 Å². The molecule has 0 spiro atoms. The van der Waals surface area contributed by atoms with Gasteiger partial charge in [0.15, 0.2) is 0 Å². The van der Waals surface area contributed by atoms with Gasteiger partial charge < -0.3 is 0 Å². The predicted octanol–water partition coefficient (Wildman–Crippen LogP) is 2.22. The van der Waals surface area contributed by atoms with Crippen LogP contribution in [0.3, 0.4) is 0 Å². The Hall–Kier alpha value is -3.09. The summed E-state index contributed by atoms with van der Waals surface area (Å²) in [6.07, 6.45) is 3.47. The van der Waals surface area contributed by atoms with Crippen LogP contribution in [0.1, 0.15) is 34.3 Å². The Labute approximate surface area is 203 Å². The molecule has 1 aliphatic rings. The fourth-order valence-electron chi connectivity index (χ4n) is 3.69. The topological polar surface area (TPSA) is 119 Å². The molecule has 1 radical (unpaired) electrons. The third-order valence-corrected chi connectivity index (χ3v) is 8.70. The molecule has 0 saturated carbocycles. The number of nitrogens with zero attached hydrogens (tertiary/aromatic N) is 2. The molecule has 33 heavy (non-hydrogen) atoms. The van der Waals surface area contributed by atoms with Crippen LogP contribution < -0.4 is 29.9 Å². The summed E-state index contributed by atoms with van der Waals surface area (Å²) in [5.41, 5.74) is 9.38. The number of methoxy groups -OCH3 is 1. The summed E-state index contributed by atoms with van der Waals surface area (Å²) in [6.45, 7) is 1.94. The summed E-state index contributed by atoms with van der Waals surface area (Å²) in [5.74, 6) is 0.513. The Kier molecular flexibility index (Phi) is 6.86. The van der Waals surface area contributed by atoms with Crippen LogP contribution in [-0.4, -0.2) is 44.6 Å². The summed E-state index contributed by atoms with van der Waals surface area (Å²) in [5, 5.41) is 6.56. The Morgan fingerprint density at radius 2 is 2.09 bits per heavy atom. The van der Waals surface area contributed by atoms with Gasteiger partial charge in [-0.15, -0.1) is 0 Å². The van der Waals surface area contributed by atoms with Gasteiger partial charge >= 0.3 is 203 Å². The zero-order valence-corrected chi connectivity index (χ0v) is 20.7. The molecule has 0 aliphatic carbocycles. The standard InChI is InChI=1S/C23H22AsClN5O3/c1-12-5-3-7-14(22(26)32)19(12)24-21-15(25)11-27-23(30-21)29-17-10-9-16-13(20(17)33-2)6-4-8-18(31)28-16/h3,5,7,9-11H,4,6,8H2,1-2H3,(H2,26,32)(H,28,31)(H,27,29,30). The van der Waals surface area contributed by atoms with Crippen molar-refractivity contribution < 1.29 is 14.3 Å². The predicted molar refractivity (Wildman–Crippen MR) is 130 cm³/mol. The van der Waals surface area contributed by atoms with Crippen LogP contribution in [0.5, 0.6) is 5.75 Å². The van der Waals surface area contributed by atoms with E-state index in [-0.39, 0.29) is 5.91 Å². The number of nitrogens with one attached hydrogen (secondary N) is 2. The van der Waals surface area contributed by atoms with Gasteiger partial charge in [0.1, 0.15) is 0 Å². The second kappa shape index (κ2) is 9.81. The normalized spacial score (nSPS) is 13.4. The summed E-state index contributed by atoms with van der Waals surface area (Å²) in [4.78, 5) is 32.8. The second-order valence-corrected chi connectivity index (χ2v) is 10.2. The molecule has 4 N–H and O–H groups in total. The quantitative estimate of drug-likeness (QED) is 0.424. The minimum absolute atomic E-state index is 0.00271. The average molecular weight is 527 g/mol. The van der Waals surface area contributed by atoms with E-state index in [0.29, 0.717) is 45.3 Å². The Bertz CT molecular complexity index is 1250. The van der Waals surface area contributed by atoms with Crippen molar-refractivity contribution in [3.63, 3.8) is 0 Å². The number of amides is 2. The van der Waals surface area contributed by atoms with E-state index in [1.54, 1.807) is 19.4 Å². The van der Waals surface area contributed by atoms with E-state index in [1.165, 1.54) is 0 Å². The monoisotopic (exact) mass is 526 g/mol. The summed E-state index contributed by atoms with van der Waals surface area (Å²) >= 11 is 5.69. The van der Waals surface area contributed by atoms with Gasteiger partial charge in [0, 0.05) is 0 Å². The molecule has 1 aromatic heterocycles. The van der Waals surface area contributed by atoms with E-state index < -0.39 is 21.7 Å². The molecule has 0 unspecified atom stereocenters. The van der Waals surface area contributed by atoms with Gasteiger partial charge in [-0.2, -0.15) is 0 Å². The van der Waals surface area contributed by atoms with Gasteiger partial charge in [-0.25, -0.2) is 0 Å². The zero-order chi connectivity index (χ0) is 23.5. The number of aromatic nitrogens is 2. The Balaban J connectivity index is 1.67. The number of ether oxygens (including phenoxy) is 1. The fourth-order valence-corrected chi connectivity index (χ4v) is 6.26. The third kappa shape index (κ3) is 4.97. The van der Waals surface area contributed by atoms with E-state index in [1.807, 2.05) is 31.2 Å². The molecule has 0 bridgehead atoms. The van der Waals surface area contributed by atoms with E-state index in [9.17, 15) is 9.59 Å². The van der Waals surface area contributed by atoms with E-state index in [2.05, 4.69) is 20.6 Å². The molecule has 0 atom stereocenters. The van der Waals surface area contributed by atoms with Crippen molar-refractivity contribution in [3.8, 4) is 5.75 Å². The van der Waals surface area contributed by atoms with Crippen molar-refractivity contribution in [2.45, 2.75) is 26.2 Å². The number of aryl methyl sites for hydroxylation is 1. The van der Waals surface area contributed by atoms with Crippen LogP contribution in [0.15, 0.2) is 36.5 Å². The van der Waals surface area contributed by atoms with Crippen LogP contribution in [0.25, 0.3) is 0 Å². The van der Waals surface area contributed by atoms with Crippen LogP contribution in [-0.2, 0) is 11.2 Å².